The van der Waals surface area contributed by atoms with Crippen molar-refractivity contribution in [3.63, 3.8) is 0 Å². The average molecular weight is 229 g/mol. The van der Waals surface area contributed by atoms with E-state index in [1.54, 1.807) is 0 Å². The molecular formula is C11H13ClOS. The van der Waals surface area contributed by atoms with Crippen molar-refractivity contribution in [3.8, 4) is 5.75 Å². The molecule has 0 heterocycles. The van der Waals surface area contributed by atoms with E-state index in [2.05, 4.69) is 19.2 Å². The molecule has 0 spiro atoms. The number of hydrogen-bond donors (Lipinski definition) is 1. The first-order chi connectivity index (χ1) is 6.63. The molecule has 3 heteroatoms. The fourth-order valence-electron chi connectivity index (χ4n) is 0.938. The van der Waals surface area contributed by atoms with Crippen molar-refractivity contribution < 1.29 is 4.74 Å². The quantitative estimate of drug-likeness (QED) is 0.613. The second-order valence-electron chi connectivity index (χ2n) is 3.11. The highest BCUT2D eigenvalue weighted by Crippen LogP contribution is 2.21. The molecular weight excluding hydrogens is 216 g/mol. The number of rotatable bonds is 4. The van der Waals surface area contributed by atoms with Crippen LogP contribution >= 0.6 is 24.2 Å². The van der Waals surface area contributed by atoms with E-state index < -0.39 is 0 Å². The lowest BCUT2D eigenvalue weighted by atomic mass is 10.2. The fourth-order valence-corrected chi connectivity index (χ4v) is 1.15. The van der Waals surface area contributed by atoms with E-state index in [-0.39, 0.29) is 0 Å². The molecule has 0 saturated carbocycles. The smallest absolute Gasteiger partial charge is 0.120 e. The molecule has 0 radical (unpaired) electrons. The van der Waals surface area contributed by atoms with Gasteiger partial charge in [-0.05, 0) is 36.3 Å². The Balaban J connectivity index is 2.60. The van der Waals surface area contributed by atoms with Crippen LogP contribution in [0.5, 0.6) is 5.75 Å². The van der Waals surface area contributed by atoms with Gasteiger partial charge in [0.25, 0.3) is 0 Å². The summed E-state index contributed by atoms with van der Waals surface area (Å²) in [5, 5.41) is 0.755. The molecule has 0 amide bonds. The molecule has 0 unspecified atom stereocenters. The number of ether oxygens (including phenoxy) is 1. The molecule has 0 aliphatic carbocycles. The summed E-state index contributed by atoms with van der Waals surface area (Å²) in [5.74, 6) is 1.46. The fraction of sp³-hybridized carbons (Fsp3) is 0.273. The van der Waals surface area contributed by atoms with Crippen LogP contribution in [-0.4, -0.2) is 12.4 Å². The Morgan fingerprint density at radius 2 is 2.29 bits per heavy atom. The summed E-state index contributed by atoms with van der Waals surface area (Å²) in [7, 11) is 0. The van der Waals surface area contributed by atoms with Crippen molar-refractivity contribution in [3.05, 3.63) is 40.9 Å². The topological polar surface area (TPSA) is 9.23 Å². The van der Waals surface area contributed by atoms with Gasteiger partial charge in [0.1, 0.15) is 12.4 Å². The minimum Gasteiger partial charge on any atom is -0.489 e. The third kappa shape index (κ3) is 3.28. The van der Waals surface area contributed by atoms with E-state index in [9.17, 15) is 0 Å². The first-order valence-electron chi connectivity index (χ1n) is 4.30. The van der Waals surface area contributed by atoms with Crippen LogP contribution in [0.3, 0.4) is 0 Å². The maximum Gasteiger partial charge on any atom is 0.120 e. The van der Waals surface area contributed by atoms with Crippen LogP contribution < -0.4 is 4.74 Å². The zero-order chi connectivity index (χ0) is 10.6. The Hall–Kier alpha value is -0.600. The molecule has 1 rings (SSSR count). The number of hydrogen-bond acceptors (Lipinski definition) is 2. The molecule has 14 heavy (non-hydrogen) atoms. The molecule has 0 saturated heterocycles. The summed E-state index contributed by atoms with van der Waals surface area (Å²) >= 11 is 9.98. The Kier molecular flexibility index (Phi) is 4.36. The Morgan fingerprint density at radius 1 is 1.57 bits per heavy atom. The van der Waals surface area contributed by atoms with E-state index in [0.717, 1.165) is 21.9 Å². The van der Waals surface area contributed by atoms with Gasteiger partial charge < -0.3 is 4.74 Å². The predicted molar refractivity (Wildman–Crippen MR) is 64.7 cm³/mol. The van der Waals surface area contributed by atoms with Gasteiger partial charge in [0, 0.05) is 10.8 Å². The van der Waals surface area contributed by atoms with E-state index in [4.69, 9.17) is 16.3 Å². The molecule has 0 bridgehead atoms. The van der Waals surface area contributed by atoms with Crippen LogP contribution in [0, 0.1) is 6.92 Å². The minimum atomic E-state index is 0.505. The van der Waals surface area contributed by atoms with Crippen molar-refractivity contribution in [2.24, 2.45) is 0 Å². The maximum atomic E-state index is 5.89. The predicted octanol–water partition coefficient (Wildman–Crippen LogP) is 3.51. The summed E-state index contributed by atoms with van der Waals surface area (Å²) in [6.07, 6.45) is 0. The SMILES string of the molecule is C=C(CS)COc1ccc(Cl)c(C)c1. The zero-order valence-corrected chi connectivity index (χ0v) is 9.74. The second-order valence-corrected chi connectivity index (χ2v) is 3.83. The molecule has 1 nitrogen and oxygen atoms in total. The Morgan fingerprint density at radius 3 is 2.86 bits per heavy atom. The molecule has 0 aromatic heterocycles. The largest absolute Gasteiger partial charge is 0.489 e. The van der Waals surface area contributed by atoms with Crippen LogP contribution in [-0.2, 0) is 0 Å². The van der Waals surface area contributed by atoms with Gasteiger partial charge in [-0.3, -0.25) is 0 Å². The lowest BCUT2D eigenvalue weighted by molar-refractivity contribution is 0.353. The minimum absolute atomic E-state index is 0.505. The maximum absolute atomic E-state index is 5.89. The third-order valence-corrected chi connectivity index (χ3v) is 2.67. The van der Waals surface area contributed by atoms with Gasteiger partial charge in [-0.1, -0.05) is 18.2 Å². The monoisotopic (exact) mass is 228 g/mol. The first-order valence-corrected chi connectivity index (χ1v) is 5.31. The molecule has 0 aliphatic rings. The van der Waals surface area contributed by atoms with E-state index in [0.29, 0.717) is 12.4 Å². The highest BCUT2D eigenvalue weighted by molar-refractivity contribution is 7.80. The highest BCUT2D eigenvalue weighted by atomic mass is 35.5. The van der Waals surface area contributed by atoms with Gasteiger partial charge in [-0.15, -0.1) is 0 Å². The number of aryl methyl sites for hydroxylation is 1. The van der Waals surface area contributed by atoms with Gasteiger partial charge >= 0.3 is 0 Å². The molecule has 0 aliphatic heterocycles. The van der Waals surface area contributed by atoms with Crippen LogP contribution in [0.1, 0.15) is 5.56 Å². The lowest BCUT2D eigenvalue weighted by Crippen LogP contribution is -2.01. The van der Waals surface area contributed by atoms with Crippen molar-refractivity contribution in [2.45, 2.75) is 6.92 Å². The molecule has 0 N–H and O–H groups in total. The molecule has 1 aromatic rings. The molecule has 1 aromatic carbocycles. The lowest BCUT2D eigenvalue weighted by Gasteiger charge is -2.08. The normalized spacial score (nSPS) is 9.93. The summed E-state index contributed by atoms with van der Waals surface area (Å²) in [6.45, 7) is 6.25. The number of thiol groups is 1. The summed E-state index contributed by atoms with van der Waals surface area (Å²) in [5.41, 5.74) is 1.97. The number of halogens is 1. The molecule has 0 fully saturated rings. The Bertz CT molecular complexity index is 336. The summed E-state index contributed by atoms with van der Waals surface area (Å²) in [6, 6.07) is 5.59. The van der Waals surface area contributed by atoms with E-state index in [1.165, 1.54) is 0 Å². The van der Waals surface area contributed by atoms with Crippen molar-refractivity contribution in [1.29, 1.82) is 0 Å². The Labute approximate surface area is 95.1 Å². The highest BCUT2D eigenvalue weighted by Gasteiger charge is 1.99. The van der Waals surface area contributed by atoms with Gasteiger partial charge in [0.2, 0.25) is 0 Å². The van der Waals surface area contributed by atoms with Crippen LogP contribution in [0.4, 0.5) is 0 Å². The van der Waals surface area contributed by atoms with Crippen LogP contribution in [0.25, 0.3) is 0 Å². The van der Waals surface area contributed by atoms with E-state index >= 15 is 0 Å². The van der Waals surface area contributed by atoms with E-state index in [1.807, 2.05) is 25.1 Å². The van der Waals surface area contributed by atoms with Crippen LogP contribution in [0.15, 0.2) is 30.4 Å². The van der Waals surface area contributed by atoms with Crippen LogP contribution in [0.2, 0.25) is 5.02 Å². The van der Waals surface area contributed by atoms with Gasteiger partial charge in [0.05, 0.1) is 0 Å². The zero-order valence-electron chi connectivity index (χ0n) is 8.09. The molecule has 0 atom stereocenters. The van der Waals surface area contributed by atoms with Gasteiger partial charge in [-0.25, -0.2) is 0 Å². The van der Waals surface area contributed by atoms with Gasteiger partial charge in [0.15, 0.2) is 0 Å². The standard InChI is InChI=1S/C11H13ClOS/c1-8(7-14)6-13-10-3-4-11(12)9(2)5-10/h3-5,14H,1,6-7H2,2H3. The summed E-state index contributed by atoms with van der Waals surface area (Å²) < 4.78 is 5.49. The summed E-state index contributed by atoms with van der Waals surface area (Å²) in [4.78, 5) is 0. The average Bonchev–Trinajstić information content (AvgIpc) is 2.19. The molecule has 76 valence electrons. The number of benzene rings is 1. The third-order valence-electron chi connectivity index (χ3n) is 1.80. The van der Waals surface area contributed by atoms with Crippen molar-refractivity contribution in [2.75, 3.05) is 12.4 Å². The first kappa shape index (κ1) is 11.5. The van der Waals surface area contributed by atoms with Crippen molar-refractivity contribution in [1.82, 2.24) is 0 Å². The second kappa shape index (κ2) is 5.32. The van der Waals surface area contributed by atoms with Gasteiger partial charge in [-0.2, -0.15) is 12.6 Å². The van der Waals surface area contributed by atoms with Crippen molar-refractivity contribution >= 4 is 24.2 Å².